The van der Waals surface area contributed by atoms with Gasteiger partial charge in [-0.3, -0.25) is 9.69 Å². The van der Waals surface area contributed by atoms with E-state index in [1.165, 1.54) is 129 Å². The van der Waals surface area contributed by atoms with E-state index in [2.05, 4.69) is 11.8 Å². The molecule has 0 aromatic rings. The molecule has 7 nitrogen and oxygen atoms in total. The summed E-state index contributed by atoms with van der Waals surface area (Å²) < 4.78 is 22.1. The van der Waals surface area contributed by atoms with Crippen LogP contribution in [0.4, 0.5) is 4.79 Å². The number of unbranched alkanes of at least 4 members (excludes halogenated alkanes) is 3. The molecule has 7 heteroatoms. The second kappa shape index (κ2) is 23.4. The van der Waals surface area contributed by atoms with Crippen LogP contribution in [-0.4, -0.2) is 67.7 Å². The molecule has 0 aromatic heterocycles. The third-order valence-electron chi connectivity index (χ3n) is 19.8. The zero-order valence-corrected chi connectivity index (χ0v) is 40.2. The van der Waals surface area contributed by atoms with Crippen LogP contribution in [0.1, 0.15) is 219 Å². The van der Waals surface area contributed by atoms with Gasteiger partial charge in [0.25, 0.3) is 0 Å². The molecule has 0 bridgehead atoms. The standard InChI is InChI=1S/C55H93NO6/c1-38-14-26-46(27-15-38)56(52-35-25-45-19-18-43-11-9-12-44-24-34-51(52)54(45)53(43)44)47-28-16-40(17-29-47)10-8-13-50(41-20-30-48(59-3)31-21-41)42-22-32-49(33-23-42)62-55(58)61-37-7-5-4-6-36-60-39(2)57/h38,40-54H,4-37H2,1-3H3. The lowest BCUT2D eigenvalue weighted by atomic mass is 9.47. The van der Waals surface area contributed by atoms with Crippen molar-refractivity contribution in [1.82, 2.24) is 4.90 Å². The Balaban J connectivity index is 0.811. The zero-order chi connectivity index (χ0) is 42.8. The molecule has 8 atom stereocenters. The van der Waals surface area contributed by atoms with Crippen LogP contribution in [-0.2, 0) is 23.7 Å². The molecule has 0 heterocycles. The van der Waals surface area contributed by atoms with E-state index in [0.717, 1.165) is 122 Å². The van der Waals surface area contributed by atoms with Crippen molar-refractivity contribution >= 4 is 12.1 Å². The van der Waals surface area contributed by atoms with Crippen LogP contribution in [0.5, 0.6) is 0 Å². The lowest BCUT2D eigenvalue weighted by molar-refractivity contribution is -0.141. The number of esters is 1. The summed E-state index contributed by atoms with van der Waals surface area (Å²) in [6, 6.07) is 2.59. The van der Waals surface area contributed by atoms with Gasteiger partial charge in [0.1, 0.15) is 6.10 Å². The predicted molar refractivity (Wildman–Crippen MR) is 249 cm³/mol. The molecule has 8 rings (SSSR count). The maximum absolute atomic E-state index is 12.6. The maximum Gasteiger partial charge on any atom is 0.508 e. The first-order valence-electron chi connectivity index (χ1n) is 27.6. The Labute approximate surface area is 379 Å². The summed E-state index contributed by atoms with van der Waals surface area (Å²) in [4.78, 5) is 26.8. The Morgan fingerprint density at radius 3 is 1.76 bits per heavy atom. The number of carbonyl (C=O) groups excluding carboxylic acids is 2. The van der Waals surface area contributed by atoms with Crippen LogP contribution < -0.4 is 0 Å². The summed E-state index contributed by atoms with van der Waals surface area (Å²) in [5.74, 6) is 10.4. The Morgan fingerprint density at radius 2 is 1.13 bits per heavy atom. The van der Waals surface area contributed by atoms with Gasteiger partial charge in [-0.15, -0.1) is 0 Å². The zero-order valence-electron chi connectivity index (χ0n) is 40.2. The molecule has 0 saturated heterocycles. The number of methoxy groups -OCH3 is 1. The van der Waals surface area contributed by atoms with E-state index in [1.54, 1.807) is 44.9 Å². The van der Waals surface area contributed by atoms with Crippen LogP contribution in [0, 0.1) is 65.1 Å². The van der Waals surface area contributed by atoms with Gasteiger partial charge in [0.05, 0.1) is 19.3 Å². The molecule has 0 N–H and O–H groups in total. The average molecular weight is 864 g/mol. The first-order chi connectivity index (χ1) is 30.3. The molecule has 8 unspecified atom stereocenters. The summed E-state index contributed by atoms with van der Waals surface area (Å²) in [5.41, 5.74) is 0. The molecule has 8 saturated carbocycles. The average Bonchev–Trinajstić information content (AvgIpc) is 3.30. The van der Waals surface area contributed by atoms with Crippen LogP contribution >= 0.6 is 0 Å². The van der Waals surface area contributed by atoms with Gasteiger partial charge in [0.15, 0.2) is 0 Å². The predicted octanol–water partition coefficient (Wildman–Crippen LogP) is 13.9. The van der Waals surface area contributed by atoms with Crippen LogP contribution in [0.25, 0.3) is 0 Å². The SMILES string of the molecule is COC1CCC(C(CCCC2CCC(N(C3CCC(C)CC3)C3CCC4CCC5CCCC6CCC3C4C56)CC2)C2CCC(OC(=O)OCCCCCCOC(C)=O)CC2)CC1. The normalized spacial score (nSPS) is 40.2. The summed E-state index contributed by atoms with van der Waals surface area (Å²) in [5, 5.41) is 0. The van der Waals surface area contributed by atoms with Crippen molar-refractivity contribution in [2.24, 2.45) is 65.1 Å². The van der Waals surface area contributed by atoms with Crippen LogP contribution in [0.15, 0.2) is 0 Å². The van der Waals surface area contributed by atoms with Gasteiger partial charge >= 0.3 is 12.1 Å². The summed E-state index contributed by atoms with van der Waals surface area (Å²) in [6.07, 6.45) is 42.9. The molecule has 8 aliphatic rings. The number of hydrogen-bond acceptors (Lipinski definition) is 7. The van der Waals surface area contributed by atoms with Gasteiger partial charge in [-0.2, -0.15) is 0 Å². The maximum atomic E-state index is 12.6. The van der Waals surface area contributed by atoms with Crippen molar-refractivity contribution < 1.29 is 28.5 Å². The molecule has 8 fully saturated rings. The van der Waals surface area contributed by atoms with E-state index in [4.69, 9.17) is 18.9 Å². The molecule has 0 radical (unpaired) electrons. The minimum Gasteiger partial charge on any atom is -0.466 e. The lowest BCUT2D eigenvalue weighted by Gasteiger charge is -2.62. The van der Waals surface area contributed by atoms with Crippen molar-refractivity contribution in [3.05, 3.63) is 0 Å². The van der Waals surface area contributed by atoms with Crippen molar-refractivity contribution in [2.75, 3.05) is 20.3 Å². The fourth-order valence-corrected chi connectivity index (χ4v) is 16.7. The number of carbonyl (C=O) groups is 2. The van der Waals surface area contributed by atoms with E-state index in [1.807, 2.05) is 7.11 Å². The summed E-state index contributed by atoms with van der Waals surface area (Å²) in [6.45, 7) is 4.84. The molecule has 0 spiro atoms. The Kier molecular flexibility index (Phi) is 17.8. The highest BCUT2D eigenvalue weighted by atomic mass is 16.7. The van der Waals surface area contributed by atoms with E-state index < -0.39 is 6.16 Å². The smallest absolute Gasteiger partial charge is 0.466 e. The van der Waals surface area contributed by atoms with Gasteiger partial charge in [-0.1, -0.05) is 39.0 Å². The second-order valence-corrected chi connectivity index (χ2v) is 23.2. The van der Waals surface area contributed by atoms with Gasteiger partial charge in [0, 0.05) is 32.2 Å². The van der Waals surface area contributed by atoms with E-state index >= 15 is 0 Å². The minimum atomic E-state index is -0.490. The first kappa shape index (κ1) is 47.2. The number of rotatable bonds is 18. The topological polar surface area (TPSA) is 74.3 Å². The third kappa shape index (κ3) is 12.2. The highest BCUT2D eigenvalue weighted by Gasteiger charge is 2.55. The van der Waals surface area contributed by atoms with E-state index in [0.29, 0.717) is 19.3 Å². The monoisotopic (exact) mass is 864 g/mol. The van der Waals surface area contributed by atoms with Crippen LogP contribution in [0.3, 0.4) is 0 Å². The van der Waals surface area contributed by atoms with E-state index in [-0.39, 0.29) is 12.1 Å². The first-order valence-corrected chi connectivity index (χ1v) is 27.6. The molecular formula is C55H93NO6. The molecule has 62 heavy (non-hydrogen) atoms. The van der Waals surface area contributed by atoms with Crippen molar-refractivity contribution in [3.63, 3.8) is 0 Å². The van der Waals surface area contributed by atoms with Gasteiger partial charge in [-0.05, 0) is 238 Å². The lowest BCUT2D eigenvalue weighted by Crippen LogP contribution is -2.61. The van der Waals surface area contributed by atoms with E-state index in [9.17, 15) is 9.59 Å². The number of ether oxygens (including phenoxy) is 4. The third-order valence-corrected chi connectivity index (χ3v) is 19.8. The van der Waals surface area contributed by atoms with Gasteiger partial charge in [-0.25, -0.2) is 4.79 Å². The van der Waals surface area contributed by atoms with Crippen molar-refractivity contribution in [1.29, 1.82) is 0 Å². The summed E-state index contributed by atoms with van der Waals surface area (Å²) >= 11 is 0. The Morgan fingerprint density at radius 1 is 0.565 bits per heavy atom. The molecule has 354 valence electrons. The van der Waals surface area contributed by atoms with Crippen LogP contribution in [0.2, 0.25) is 0 Å². The molecule has 0 amide bonds. The highest BCUT2D eigenvalue weighted by Crippen LogP contribution is 2.61. The minimum absolute atomic E-state index is 0.00368. The highest BCUT2D eigenvalue weighted by molar-refractivity contribution is 5.65. The largest absolute Gasteiger partial charge is 0.508 e. The fraction of sp³-hybridized carbons (Fsp3) is 0.964. The fourth-order valence-electron chi connectivity index (χ4n) is 16.7. The molecule has 8 aliphatic carbocycles. The van der Waals surface area contributed by atoms with Crippen molar-refractivity contribution in [3.8, 4) is 0 Å². The molecule has 0 aromatic carbocycles. The molecular weight excluding hydrogens is 771 g/mol. The quantitative estimate of drug-likeness (QED) is 0.100. The number of nitrogens with zero attached hydrogens (tertiary/aromatic N) is 1. The Bertz CT molecular complexity index is 1330. The summed E-state index contributed by atoms with van der Waals surface area (Å²) in [7, 11) is 1.91. The molecule has 0 aliphatic heterocycles. The number of hydrogen-bond donors (Lipinski definition) is 0. The van der Waals surface area contributed by atoms with Gasteiger partial charge in [0.2, 0.25) is 0 Å². The second-order valence-electron chi connectivity index (χ2n) is 23.2. The Hall–Kier alpha value is -1.34. The van der Waals surface area contributed by atoms with Gasteiger partial charge < -0.3 is 18.9 Å². The van der Waals surface area contributed by atoms with Crippen molar-refractivity contribution in [2.45, 2.75) is 250 Å².